The highest BCUT2D eigenvalue weighted by Gasteiger charge is 2.19. The monoisotopic (exact) mass is 682 g/mol. The Morgan fingerprint density at radius 2 is 0.962 bits per heavy atom. The molecular formula is C46H26N4OS. The van der Waals surface area contributed by atoms with E-state index in [0.29, 0.717) is 17.5 Å². The van der Waals surface area contributed by atoms with Gasteiger partial charge in [-0.1, -0.05) is 121 Å². The van der Waals surface area contributed by atoms with Crippen molar-refractivity contribution in [2.24, 2.45) is 0 Å². The number of rotatable bonds is 4. The lowest BCUT2D eigenvalue weighted by Gasteiger charge is -2.13. The third-order valence-corrected chi connectivity index (χ3v) is 11.0. The summed E-state index contributed by atoms with van der Waals surface area (Å²) in [6.07, 6.45) is 0. The molecule has 0 saturated heterocycles. The van der Waals surface area contributed by atoms with Crippen molar-refractivity contribution in [2.75, 3.05) is 0 Å². The van der Waals surface area contributed by atoms with Gasteiger partial charge in [-0.15, -0.1) is 11.3 Å². The zero-order chi connectivity index (χ0) is 34.2. The molecule has 0 radical (unpaired) electrons. The fraction of sp³-hybridized carbons (Fsp3) is 0. The largest absolute Gasteiger partial charge is 0.456 e. The van der Waals surface area contributed by atoms with Crippen molar-refractivity contribution in [3.63, 3.8) is 0 Å². The van der Waals surface area contributed by atoms with Gasteiger partial charge in [0.25, 0.3) is 0 Å². The van der Waals surface area contributed by atoms with Gasteiger partial charge in [-0.2, -0.15) is 0 Å². The summed E-state index contributed by atoms with van der Waals surface area (Å²) < 4.78 is 8.79. The first-order valence-electron chi connectivity index (χ1n) is 17.2. The number of benzene rings is 7. The number of hydrogen-bond donors (Lipinski definition) is 0. The van der Waals surface area contributed by atoms with Crippen LogP contribution < -0.4 is 0 Å². The molecule has 5 nitrogen and oxygen atoms in total. The van der Waals surface area contributed by atoms with Crippen molar-refractivity contribution in [1.82, 2.24) is 19.9 Å². The number of pyridine rings is 1. The quantitative estimate of drug-likeness (QED) is 0.173. The summed E-state index contributed by atoms with van der Waals surface area (Å²) in [4.78, 5) is 20.5. The van der Waals surface area contributed by atoms with E-state index in [4.69, 9.17) is 24.4 Å². The number of furan rings is 1. The maximum atomic E-state index is 6.25. The van der Waals surface area contributed by atoms with E-state index in [1.54, 1.807) is 0 Å². The Hall–Kier alpha value is -6.76. The highest BCUT2D eigenvalue weighted by molar-refractivity contribution is 7.26. The van der Waals surface area contributed by atoms with E-state index in [9.17, 15) is 0 Å². The fourth-order valence-electron chi connectivity index (χ4n) is 7.48. The van der Waals surface area contributed by atoms with E-state index < -0.39 is 0 Å². The predicted octanol–water partition coefficient (Wildman–Crippen LogP) is 12.5. The minimum Gasteiger partial charge on any atom is -0.456 e. The molecule has 0 unspecified atom stereocenters. The highest BCUT2D eigenvalue weighted by Crippen LogP contribution is 2.44. The van der Waals surface area contributed by atoms with Crippen molar-refractivity contribution in [2.45, 2.75) is 0 Å². The maximum absolute atomic E-state index is 6.25. The van der Waals surface area contributed by atoms with Crippen LogP contribution in [0, 0.1) is 0 Å². The van der Waals surface area contributed by atoms with Gasteiger partial charge in [-0.25, -0.2) is 19.9 Å². The molecule has 0 aliphatic rings. The van der Waals surface area contributed by atoms with Crippen molar-refractivity contribution in [3.8, 4) is 45.4 Å². The van der Waals surface area contributed by atoms with E-state index in [1.165, 1.54) is 25.6 Å². The normalized spacial score (nSPS) is 11.8. The molecule has 4 heterocycles. The Labute approximate surface area is 301 Å². The van der Waals surface area contributed by atoms with Crippen LogP contribution in [-0.4, -0.2) is 19.9 Å². The Bertz CT molecular complexity index is 3190. The van der Waals surface area contributed by atoms with Gasteiger partial charge in [0.05, 0.1) is 11.2 Å². The zero-order valence-corrected chi connectivity index (χ0v) is 28.4. The van der Waals surface area contributed by atoms with Crippen LogP contribution in [0.1, 0.15) is 0 Å². The summed E-state index contributed by atoms with van der Waals surface area (Å²) in [5.74, 6) is 1.76. The first kappa shape index (κ1) is 29.0. The second kappa shape index (κ2) is 11.4. The lowest BCUT2D eigenvalue weighted by atomic mass is 9.95. The number of hydrogen-bond acceptors (Lipinski definition) is 6. The van der Waals surface area contributed by atoms with Gasteiger partial charge in [0, 0.05) is 69.4 Å². The van der Waals surface area contributed by atoms with Gasteiger partial charge in [0.1, 0.15) is 11.2 Å². The van der Waals surface area contributed by atoms with Gasteiger partial charge in [-0.3, -0.25) is 0 Å². The topological polar surface area (TPSA) is 64.7 Å². The van der Waals surface area contributed by atoms with Crippen LogP contribution in [0.2, 0.25) is 0 Å². The van der Waals surface area contributed by atoms with Gasteiger partial charge in [-0.05, 0) is 36.4 Å². The molecule has 7 aromatic carbocycles. The lowest BCUT2D eigenvalue weighted by Crippen LogP contribution is -2.00. The summed E-state index contributed by atoms with van der Waals surface area (Å²) in [7, 11) is 0. The van der Waals surface area contributed by atoms with Crippen molar-refractivity contribution < 1.29 is 4.42 Å². The van der Waals surface area contributed by atoms with Crippen LogP contribution >= 0.6 is 11.3 Å². The molecule has 0 saturated carbocycles. The number of thiophene rings is 1. The van der Waals surface area contributed by atoms with Crippen LogP contribution in [0.25, 0.3) is 109 Å². The second-order valence-electron chi connectivity index (χ2n) is 13.0. The van der Waals surface area contributed by atoms with Crippen molar-refractivity contribution in [1.29, 1.82) is 0 Å². The highest BCUT2D eigenvalue weighted by atomic mass is 32.1. The number of nitrogens with zero attached hydrogens (tertiary/aromatic N) is 4. The molecule has 0 bridgehead atoms. The molecule has 0 aliphatic carbocycles. The Morgan fingerprint density at radius 3 is 1.75 bits per heavy atom. The van der Waals surface area contributed by atoms with Gasteiger partial charge < -0.3 is 4.42 Å². The van der Waals surface area contributed by atoms with Crippen molar-refractivity contribution >= 4 is 75.1 Å². The van der Waals surface area contributed by atoms with Crippen LogP contribution in [0.5, 0.6) is 0 Å². The molecule has 52 heavy (non-hydrogen) atoms. The van der Waals surface area contributed by atoms with Crippen LogP contribution in [0.4, 0.5) is 0 Å². The molecule has 0 aliphatic heterocycles. The Balaban J connectivity index is 1.16. The minimum absolute atomic E-state index is 0.578. The van der Waals surface area contributed by atoms with Crippen LogP contribution in [0.3, 0.4) is 0 Å². The first-order valence-corrected chi connectivity index (χ1v) is 18.0. The van der Waals surface area contributed by atoms with Crippen LogP contribution in [0.15, 0.2) is 162 Å². The number of fused-ring (bicyclic) bond motifs is 10. The molecular weight excluding hydrogens is 657 g/mol. The predicted molar refractivity (Wildman–Crippen MR) is 215 cm³/mol. The van der Waals surface area contributed by atoms with E-state index in [-0.39, 0.29) is 0 Å². The molecule has 0 N–H and O–H groups in total. The summed E-state index contributed by atoms with van der Waals surface area (Å²) in [6, 6.07) is 54.4. The number of para-hydroxylation sites is 1. The third-order valence-electron chi connectivity index (χ3n) is 9.91. The standard InChI is InChI=1S/C46H26N4OS/c1-3-11-27(12-4-1)43-35-23-24-40-42(34-16-8-10-18-39(34)52-40)41(35)33-22-20-29(25-36(33)47-43)45-48-44(28-13-5-2-6-14-28)49-46(50-45)30-19-21-32-31-15-7-9-17-37(31)51-38(32)26-30/h1-26H. The smallest absolute Gasteiger partial charge is 0.164 e. The summed E-state index contributed by atoms with van der Waals surface area (Å²) >= 11 is 1.83. The van der Waals surface area contributed by atoms with Crippen LogP contribution in [-0.2, 0) is 0 Å². The molecule has 0 fully saturated rings. The molecule has 0 amide bonds. The first-order chi connectivity index (χ1) is 25.7. The molecule has 242 valence electrons. The Kier molecular flexibility index (Phi) is 6.35. The molecule has 11 aromatic rings. The second-order valence-corrected chi connectivity index (χ2v) is 14.1. The lowest BCUT2D eigenvalue weighted by molar-refractivity contribution is 0.669. The zero-order valence-electron chi connectivity index (χ0n) is 27.6. The average molecular weight is 683 g/mol. The van der Waals surface area contributed by atoms with E-state index in [2.05, 4.69) is 97.1 Å². The number of aromatic nitrogens is 4. The summed E-state index contributed by atoms with van der Waals surface area (Å²) in [6.45, 7) is 0. The Morgan fingerprint density at radius 1 is 0.365 bits per heavy atom. The molecule has 0 spiro atoms. The molecule has 4 aromatic heterocycles. The van der Waals surface area contributed by atoms with Gasteiger partial charge in [0.2, 0.25) is 0 Å². The molecule has 0 atom stereocenters. The van der Waals surface area contributed by atoms with E-state index >= 15 is 0 Å². The van der Waals surface area contributed by atoms with Crippen molar-refractivity contribution in [3.05, 3.63) is 158 Å². The van der Waals surface area contributed by atoms with Gasteiger partial charge in [0.15, 0.2) is 17.5 Å². The summed E-state index contributed by atoms with van der Waals surface area (Å²) in [5, 5.41) is 8.13. The molecule has 6 heteroatoms. The van der Waals surface area contributed by atoms with E-state index in [0.717, 1.165) is 66.2 Å². The maximum Gasteiger partial charge on any atom is 0.164 e. The molecule has 11 rings (SSSR count). The van der Waals surface area contributed by atoms with Gasteiger partial charge >= 0.3 is 0 Å². The van der Waals surface area contributed by atoms with E-state index in [1.807, 2.05) is 72.0 Å². The average Bonchev–Trinajstić information content (AvgIpc) is 3.79. The minimum atomic E-state index is 0.578. The third kappa shape index (κ3) is 4.55. The fourth-order valence-corrected chi connectivity index (χ4v) is 8.59. The summed E-state index contributed by atoms with van der Waals surface area (Å²) in [5.41, 5.74) is 7.21. The SMILES string of the molecule is c1ccc(-c2nc(-c3ccc4c(c3)nc(-c3ccccc3)c3ccc5sc6ccccc6c5c34)nc(-c3ccc4c(c3)oc3ccccc34)n2)cc1.